The summed E-state index contributed by atoms with van der Waals surface area (Å²) < 4.78 is 24.9. The second-order valence-electron chi connectivity index (χ2n) is 9.00. The highest BCUT2D eigenvalue weighted by atomic mass is 19.1. The molecule has 36 heavy (non-hydrogen) atoms. The van der Waals surface area contributed by atoms with Crippen LogP contribution in [0.25, 0.3) is 6.08 Å². The second-order valence-corrected chi connectivity index (χ2v) is 9.00. The highest BCUT2D eigenvalue weighted by Crippen LogP contribution is 2.34. The molecule has 1 aliphatic heterocycles. The summed E-state index contributed by atoms with van der Waals surface area (Å²) >= 11 is 0. The Balaban J connectivity index is 1.64. The summed E-state index contributed by atoms with van der Waals surface area (Å²) in [6, 6.07) is 13.2. The number of carbonyl (C=O) groups is 2. The third kappa shape index (κ3) is 5.33. The minimum Gasteiger partial charge on any atom is -0.490 e. The maximum atomic E-state index is 13.5. The maximum absolute atomic E-state index is 13.5. The van der Waals surface area contributed by atoms with Gasteiger partial charge in [-0.1, -0.05) is 37.5 Å². The minimum atomic E-state index is -0.497. The summed E-state index contributed by atoms with van der Waals surface area (Å²) in [6.07, 6.45) is 6.23. The summed E-state index contributed by atoms with van der Waals surface area (Å²) in [7, 11) is 0. The molecule has 2 aliphatic rings. The summed E-state index contributed by atoms with van der Waals surface area (Å²) in [5.74, 6) is -0.153. The van der Waals surface area contributed by atoms with E-state index in [-0.39, 0.29) is 29.9 Å². The monoisotopic (exact) mass is 488 g/mol. The fraction of sp³-hybridized carbons (Fsp3) is 0.345. The molecular weight excluding hydrogens is 459 g/mol. The van der Waals surface area contributed by atoms with Gasteiger partial charge >= 0.3 is 0 Å². The van der Waals surface area contributed by atoms with Gasteiger partial charge in [0, 0.05) is 11.6 Å². The smallest absolute Gasteiger partial charge is 0.271 e. The van der Waals surface area contributed by atoms with E-state index in [0.29, 0.717) is 34.8 Å². The van der Waals surface area contributed by atoms with Gasteiger partial charge in [0.25, 0.3) is 11.8 Å². The number of amides is 2. The van der Waals surface area contributed by atoms with Gasteiger partial charge in [-0.3, -0.25) is 14.5 Å². The SMILES string of the molecule is CCOc1cc(/C=C2/C(=O)N(C3CCCCC3)C(=O)C(C#N)=C2C)ccc1OCc1ccc(F)cc1. The van der Waals surface area contributed by atoms with Gasteiger partial charge < -0.3 is 9.47 Å². The van der Waals surface area contributed by atoms with Gasteiger partial charge in [0.15, 0.2) is 11.5 Å². The summed E-state index contributed by atoms with van der Waals surface area (Å²) in [4.78, 5) is 27.8. The minimum absolute atomic E-state index is 0.00991. The molecule has 4 rings (SSSR count). The van der Waals surface area contributed by atoms with Gasteiger partial charge in [-0.2, -0.15) is 5.26 Å². The lowest BCUT2D eigenvalue weighted by Gasteiger charge is -2.36. The molecule has 2 amide bonds. The van der Waals surface area contributed by atoms with E-state index in [1.165, 1.54) is 17.0 Å². The van der Waals surface area contributed by atoms with Crippen molar-refractivity contribution in [3.05, 3.63) is 76.1 Å². The lowest BCUT2D eigenvalue weighted by atomic mass is 9.88. The molecule has 0 atom stereocenters. The van der Waals surface area contributed by atoms with Crippen LogP contribution in [0.5, 0.6) is 11.5 Å². The number of hydrogen-bond acceptors (Lipinski definition) is 5. The van der Waals surface area contributed by atoms with Gasteiger partial charge in [-0.15, -0.1) is 0 Å². The van der Waals surface area contributed by atoms with Crippen LogP contribution < -0.4 is 9.47 Å². The van der Waals surface area contributed by atoms with E-state index in [1.807, 2.05) is 13.0 Å². The van der Waals surface area contributed by atoms with Crippen molar-refractivity contribution >= 4 is 17.9 Å². The Hall–Kier alpha value is -3.92. The molecule has 2 aromatic carbocycles. The summed E-state index contributed by atoms with van der Waals surface area (Å²) in [6.45, 7) is 4.15. The number of benzene rings is 2. The molecule has 0 N–H and O–H groups in total. The molecule has 0 bridgehead atoms. The molecule has 0 unspecified atom stereocenters. The molecule has 1 fully saturated rings. The van der Waals surface area contributed by atoms with Crippen LogP contribution in [0.1, 0.15) is 57.1 Å². The Morgan fingerprint density at radius 1 is 1.03 bits per heavy atom. The predicted octanol–water partition coefficient (Wildman–Crippen LogP) is 5.73. The summed E-state index contributed by atoms with van der Waals surface area (Å²) in [5.41, 5.74) is 2.23. The Morgan fingerprint density at radius 3 is 2.42 bits per heavy atom. The van der Waals surface area contributed by atoms with E-state index in [0.717, 1.165) is 37.7 Å². The van der Waals surface area contributed by atoms with E-state index in [9.17, 15) is 19.2 Å². The van der Waals surface area contributed by atoms with Crippen LogP contribution in [0.3, 0.4) is 0 Å². The number of carbonyl (C=O) groups excluding carboxylic acids is 2. The van der Waals surface area contributed by atoms with Gasteiger partial charge in [0.1, 0.15) is 24.1 Å². The Bertz CT molecular complexity index is 1250. The quantitative estimate of drug-likeness (QED) is 0.367. The molecule has 1 aliphatic carbocycles. The first-order valence-corrected chi connectivity index (χ1v) is 12.3. The third-order valence-corrected chi connectivity index (χ3v) is 6.60. The lowest BCUT2D eigenvalue weighted by Crippen LogP contribution is -2.49. The second kappa shape index (κ2) is 11.2. The van der Waals surface area contributed by atoms with Crippen LogP contribution in [0.2, 0.25) is 0 Å². The molecule has 6 nitrogen and oxygen atoms in total. The van der Waals surface area contributed by atoms with Crippen molar-refractivity contribution in [1.82, 2.24) is 4.90 Å². The predicted molar refractivity (Wildman–Crippen MR) is 133 cm³/mol. The van der Waals surface area contributed by atoms with Crippen LogP contribution in [-0.2, 0) is 16.2 Å². The largest absolute Gasteiger partial charge is 0.490 e. The zero-order valence-electron chi connectivity index (χ0n) is 20.6. The van der Waals surface area contributed by atoms with E-state index in [2.05, 4.69) is 0 Å². The van der Waals surface area contributed by atoms with Crippen LogP contribution in [0.15, 0.2) is 59.2 Å². The van der Waals surface area contributed by atoms with Crippen LogP contribution in [0, 0.1) is 17.1 Å². The van der Waals surface area contributed by atoms with E-state index >= 15 is 0 Å². The molecule has 186 valence electrons. The number of hydrogen-bond donors (Lipinski definition) is 0. The molecule has 0 saturated heterocycles. The molecule has 0 aromatic heterocycles. The van der Waals surface area contributed by atoms with Gasteiger partial charge in [-0.05, 0) is 73.7 Å². The van der Waals surface area contributed by atoms with Crippen molar-refractivity contribution in [2.45, 2.75) is 58.6 Å². The maximum Gasteiger partial charge on any atom is 0.271 e. The number of nitrogens with zero attached hydrogens (tertiary/aromatic N) is 2. The summed E-state index contributed by atoms with van der Waals surface area (Å²) in [5, 5.41) is 9.69. The number of rotatable bonds is 7. The van der Waals surface area contributed by atoms with Gasteiger partial charge in [0.05, 0.1) is 6.61 Å². The van der Waals surface area contributed by atoms with Crippen molar-refractivity contribution in [1.29, 1.82) is 5.26 Å². The van der Waals surface area contributed by atoms with E-state index < -0.39 is 5.91 Å². The highest BCUT2D eigenvalue weighted by molar-refractivity contribution is 6.19. The molecule has 2 aromatic rings. The fourth-order valence-corrected chi connectivity index (χ4v) is 4.68. The van der Waals surface area contributed by atoms with E-state index in [4.69, 9.17) is 9.47 Å². The first-order chi connectivity index (χ1) is 17.4. The van der Waals surface area contributed by atoms with Crippen molar-refractivity contribution < 1.29 is 23.5 Å². The normalized spacial score (nSPS) is 17.9. The number of imide groups is 1. The number of ether oxygens (including phenoxy) is 2. The first-order valence-electron chi connectivity index (χ1n) is 12.3. The topological polar surface area (TPSA) is 79.6 Å². The fourth-order valence-electron chi connectivity index (χ4n) is 4.68. The first kappa shape index (κ1) is 25.2. The number of nitriles is 1. The average Bonchev–Trinajstić information content (AvgIpc) is 2.88. The Labute approximate surface area is 210 Å². The molecular formula is C29H29FN2O4. The van der Waals surface area contributed by atoms with Gasteiger partial charge in [-0.25, -0.2) is 4.39 Å². The molecule has 7 heteroatoms. The van der Waals surface area contributed by atoms with Crippen molar-refractivity contribution in [2.75, 3.05) is 6.61 Å². The van der Waals surface area contributed by atoms with Crippen LogP contribution in [-0.4, -0.2) is 29.4 Å². The lowest BCUT2D eigenvalue weighted by molar-refractivity contribution is -0.143. The van der Waals surface area contributed by atoms with Crippen molar-refractivity contribution in [3.63, 3.8) is 0 Å². The highest BCUT2D eigenvalue weighted by Gasteiger charge is 2.39. The van der Waals surface area contributed by atoms with Crippen molar-refractivity contribution in [2.24, 2.45) is 0 Å². The van der Waals surface area contributed by atoms with Crippen LogP contribution >= 0.6 is 0 Å². The Morgan fingerprint density at radius 2 is 1.75 bits per heavy atom. The molecule has 1 saturated carbocycles. The van der Waals surface area contributed by atoms with Crippen molar-refractivity contribution in [3.8, 4) is 17.6 Å². The average molecular weight is 489 g/mol. The standard InChI is InChI=1S/C29H29FN2O4/c1-3-35-27-16-21(11-14-26(27)36-18-20-9-12-22(30)13-10-20)15-24-19(2)25(17-31)29(34)32(28(24)33)23-7-5-4-6-8-23/h9-16,23H,3-8,18H2,1-2H3/b24-15+. The van der Waals surface area contributed by atoms with Gasteiger partial charge in [0.2, 0.25) is 0 Å². The molecule has 1 heterocycles. The Kier molecular flexibility index (Phi) is 7.84. The molecule has 0 spiro atoms. The van der Waals surface area contributed by atoms with E-state index in [1.54, 1.807) is 43.3 Å². The number of halogens is 1. The third-order valence-electron chi connectivity index (χ3n) is 6.60. The van der Waals surface area contributed by atoms with Crippen LogP contribution in [0.4, 0.5) is 4.39 Å². The zero-order chi connectivity index (χ0) is 25.7. The molecule has 0 radical (unpaired) electrons. The zero-order valence-corrected chi connectivity index (χ0v) is 20.6.